The van der Waals surface area contributed by atoms with Gasteiger partial charge >= 0.3 is 0 Å². The molecule has 0 spiro atoms. The average Bonchev–Trinajstić information content (AvgIpc) is 2.32. The topological polar surface area (TPSA) is 17.1 Å². The van der Waals surface area contributed by atoms with Gasteiger partial charge in [-0.2, -0.15) is 0 Å². The lowest BCUT2D eigenvalue weighted by molar-refractivity contribution is 0.0989. The second-order valence-corrected chi connectivity index (χ2v) is 5.20. The molecule has 18 heavy (non-hydrogen) atoms. The van der Waals surface area contributed by atoms with Gasteiger partial charge in [0.1, 0.15) is 5.82 Å². The van der Waals surface area contributed by atoms with Crippen LogP contribution >= 0.6 is 27.5 Å². The number of Topliss-reactive ketones (excluding diaryl/α,β-unsaturated/α-hetero) is 1. The third-order valence-corrected chi connectivity index (χ3v) is 3.25. The summed E-state index contributed by atoms with van der Waals surface area (Å²) in [6.07, 6.45) is 0.162. The van der Waals surface area contributed by atoms with Gasteiger partial charge in [-0.1, -0.05) is 39.7 Å². The summed E-state index contributed by atoms with van der Waals surface area (Å²) < 4.78 is 14.2. The van der Waals surface area contributed by atoms with Crippen LogP contribution in [0.25, 0.3) is 0 Å². The van der Waals surface area contributed by atoms with Crippen molar-refractivity contribution in [2.24, 2.45) is 0 Å². The van der Waals surface area contributed by atoms with Gasteiger partial charge in [-0.05, 0) is 35.9 Å². The summed E-state index contributed by atoms with van der Waals surface area (Å²) in [5.41, 5.74) is 0.917. The predicted molar refractivity (Wildman–Crippen MR) is 73.6 cm³/mol. The number of benzene rings is 2. The lowest BCUT2D eigenvalue weighted by Gasteiger charge is -2.03. The van der Waals surface area contributed by atoms with Crippen molar-refractivity contribution < 1.29 is 9.18 Å². The average molecular weight is 328 g/mol. The molecule has 0 aliphatic heterocycles. The molecule has 0 atom stereocenters. The fraction of sp³-hybridized carbons (Fsp3) is 0.0714. The Bertz CT molecular complexity index is 581. The lowest BCUT2D eigenvalue weighted by atomic mass is 10.0. The highest BCUT2D eigenvalue weighted by molar-refractivity contribution is 9.10. The minimum Gasteiger partial charge on any atom is -0.294 e. The normalized spacial score (nSPS) is 10.4. The number of hydrogen-bond acceptors (Lipinski definition) is 1. The number of carbonyl (C=O) groups excluding carboxylic acids is 1. The molecule has 0 saturated heterocycles. The Kier molecular flexibility index (Phi) is 4.15. The molecule has 0 bridgehead atoms. The van der Waals surface area contributed by atoms with E-state index in [4.69, 9.17) is 11.6 Å². The first-order chi connectivity index (χ1) is 8.56. The van der Waals surface area contributed by atoms with Gasteiger partial charge in [-0.3, -0.25) is 4.79 Å². The molecule has 0 aromatic heterocycles. The van der Waals surface area contributed by atoms with Crippen LogP contribution in [0, 0.1) is 5.82 Å². The number of halogens is 3. The maximum absolute atomic E-state index is 13.6. The fourth-order valence-electron chi connectivity index (χ4n) is 1.60. The van der Waals surface area contributed by atoms with Crippen molar-refractivity contribution in [3.8, 4) is 0 Å². The highest BCUT2D eigenvalue weighted by Gasteiger charge is 2.12. The van der Waals surface area contributed by atoms with Crippen molar-refractivity contribution in [1.82, 2.24) is 0 Å². The zero-order valence-corrected chi connectivity index (χ0v) is 11.6. The molecule has 0 heterocycles. The Balaban J connectivity index is 2.19. The first-order valence-electron chi connectivity index (χ1n) is 5.29. The molecule has 2 rings (SSSR count). The summed E-state index contributed by atoms with van der Waals surface area (Å²) in [6, 6.07) is 11.4. The van der Waals surface area contributed by atoms with E-state index >= 15 is 0 Å². The van der Waals surface area contributed by atoms with Crippen LogP contribution in [0.5, 0.6) is 0 Å². The van der Waals surface area contributed by atoms with Crippen LogP contribution in [0.4, 0.5) is 4.39 Å². The Hall–Kier alpha value is -1.19. The van der Waals surface area contributed by atoms with Crippen LogP contribution in [0.15, 0.2) is 46.9 Å². The Morgan fingerprint density at radius 2 is 1.83 bits per heavy atom. The number of carbonyl (C=O) groups is 1. The van der Waals surface area contributed by atoms with Crippen LogP contribution in [-0.2, 0) is 6.42 Å². The summed E-state index contributed by atoms with van der Waals surface area (Å²) in [7, 11) is 0. The van der Waals surface area contributed by atoms with E-state index in [0.29, 0.717) is 9.50 Å². The summed E-state index contributed by atoms with van der Waals surface area (Å²) in [5.74, 6) is -0.759. The van der Waals surface area contributed by atoms with Gasteiger partial charge in [0.25, 0.3) is 0 Å². The van der Waals surface area contributed by atoms with Crippen LogP contribution in [0.1, 0.15) is 15.9 Å². The first-order valence-corrected chi connectivity index (χ1v) is 6.46. The van der Waals surface area contributed by atoms with E-state index in [-0.39, 0.29) is 17.8 Å². The predicted octanol–water partition coefficient (Wildman–Crippen LogP) is 4.67. The van der Waals surface area contributed by atoms with E-state index in [2.05, 4.69) is 15.9 Å². The monoisotopic (exact) mass is 326 g/mol. The fourth-order valence-corrected chi connectivity index (χ4v) is 2.06. The summed E-state index contributed by atoms with van der Waals surface area (Å²) in [5, 5.41) is 0.612. The molecule has 0 aliphatic carbocycles. The molecule has 0 unspecified atom stereocenters. The van der Waals surface area contributed by atoms with Crippen molar-refractivity contribution in [2.75, 3.05) is 0 Å². The first kappa shape index (κ1) is 13.2. The van der Waals surface area contributed by atoms with Crippen LogP contribution < -0.4 is 0 Å². The Labute approximate surface area is 118 Å². The van der Waals surface area contributed by atoms with Gasteiger partial charge in [0.15, 0.2) is 5.78 Å². The lowest BCUT2D eigenvalue weighted by Crippen LogP contribution is -2.06. The second kappa shape index (κ2) is 5.63. The summed E-state index contributed by atoms with van der Waals surface area (Å²) in [4.78, 5) is 11.9. The molecule has 1 nitrogen and oxygen atoms in total. The third-order valence-electron chi connectivity index (χ3n) is 2.51. The van der Waals surface area contributed by atoms with Crippen molar-refractivity contribution >= 4 is 33.3 Å². The molecular formula is C14H9BrClFO. The zero-order valence-electron chi connectivity index (χ0n) is 9.29. The van der Waals surface area contributed by atoms with Crippen molar-refractivity contribution in [3.05, 3.63) is 68.9 Å². The molecular weight excluding hydrogens is 319 g/mol. The smallest absolute Gasteiger partial charge is 0.170 e. The summed E-state index contributed by atoms with van der Waals surface area (Å²) >= 11 is 8.91. The number of hydrogen-bond donors (Lipinski definition) is 0. The molecule has 0 saturated carbocycles. The molecule has 0 fully saturated rings. The standard InChI is InChI=1S/C14H9BrClFO/c15-10-3-6-12(13(17)8-10)14(18)7-9-1-4-11(16)5-2-9/h1-6,8H,7H2. The van der Waals surface area contributed by atoms with Gasteiger partial charge in [0.05, 0.1) is 5.56 Å². The molecule has 0 radical (unpaired) electrons. The molecule has 4 heteroatoms. The minimum absolute atomic E-state index is 0.105. The van der Waals surface area contributed by atoms with Crippen LogP contribution in [0.2, 0.25) is 5.02 Å². The molecule has 0 N–H and O–H groups in total. The van der Waals surface area contributed by atoms with Crippen LogP contribution in [-0.4, -0.2) is 5.78 Å². The minimum atomic E-state index is -0.511. The van der Waals surface area contributed by atoms with E-state index in [9.17, 15) is 9.18 Å². The van der Waals surface area contributed by atoms with Gasteiger partial charge < -0.3 is 0 Å². The summed E-state index contributed by atoms with van der Waals surface area (Å²) in [6.45, 7) is 0. The Morgan fingerprint density at radius 3 is 2.44 bits per heavy atom. The highest BCUT2D eigenvalue weighted by atomic mass is 79.9. The van der Waals surface area contributed by atoms with Gasteiger partial charge in [0.2, 0.25) is 0 Å². The van der Waals surface area contributed by atoms with Crippen molar-refractivity contribution in [1.29, 1.82) is 0 Å². The second-order valence-electron chi connectivity index (χ2n) is 3.85. The van der Waals surface area contributed by atoms with Crippen LogP contribution in [0.3, 0.4) is 0 Å². The molecule has 0 aliphatic rings. The van der Waals surface area contributed by atoms with E-state index in [1.54, 1.807) is 30.3 Å². The van der Waals surface area contributed by atoms with E-state index in [0.717, 1.165) is 5.56 Å². The Morgan fingerprint density at radius 1 is 1.17 bits per heavy atom. The zero-order chi connectivity index (χ0) is 13.1. The van der Waals surface area contributed by atoms with Gasteiger partial charge in [-0.15, -0.1) is 0 Å². The molecule has 2 aromatic rings. The van der Waals surface area contributed by atoms with Crippen molar-refractivity contribution in [2.45, 2.75) is 6.42 Å². The highest BCUT2D eigenvalue weighted by Crippen LogP contribution is 2.18. The molecule has 92 valence electrons. The SMILES string of the molecule is O=C(Cc1ccc(Cl)cc1)c1ccc(Br)cc1F. The van der Waals surface area contributed by atoms with Crippen molar-refractivity contribution in [3.63, 3.8) is 0 Å². The maximum atomic E-state index is 13.6. The largest absolute Gasteiger partial charge is 0.294 e. The molecule has 0 amide bonds. The quantitative estimate of drug-likeness (QED) is 0.749. The van der Waals surface area contributed by atoms with Gasteiger partial charge in [0, 0.05) is 15.9 Å². The molecule has 2 aromatic carbocycles. The van der Waals surface area contributed by atoms with E-state index < -0.39 is 5.82 Å². The maximum Gasteiger partial charge on any atom is 0.170 e. The van der Waals surface area contributed by atoms with E-state index in [1.165, 1.54) is 12.1 Å². The third kappa shape index (κ3) is 3.18. The number of ketones is 1. The van der Waals surface area contributed by atoms with E-state index in [1.807, 2.05) is 0 Å². The van der Waals surface area contributed by atoms with Gasteiger partial charge in [-0.25, -0.2) is 4.39 Å². The number of rotatable bonds is 3.